The first-order valence-corrected chi connectivity index (χ1v) is 8.96. The Balaban J connectivity index is 2.55. The summed E-state index contributed by atoms with van der Waals surface area (Å²) in [6, 6.07) is 11.4. The van der Waals surface area contributed by atoms with Crippen LogP contribution < -0.4 is 4.72 Å². The van der Waals surface area contributed by atoms with Crippen LogP contribution in [0.4, 0.5) is 0 Å². The maximum atomic E-state index is 12.5. The van der Waals surface area contributed by atoms with E-state index in [4.69, 9.17) is 0 Å². The maximum Gasteiger partial charge on any atom is 0.336 e. The molecule has 0 aliphatic rings. The molecule has 0 aliphatic heterocycles. The highest BCUT2D eigenvalue weighted by Gasteiger charge is 2.22. The Morgan fingerprint density at radius 3 is 2.33 bits per heavy atom. The molecular formula is C18H21NO4S. The first kappa shape index (κ1) is 18.2. The van der Waals surface area contributed by atoms with E-state index in [9.17, 15) is 18.3 Å². The van der Waals surface area contributed by atoms with E-state index in [1.807, 2.05) is 6.92 Å². The van der Waals surface area contributed by atoms with Crippen LogP contribution in [0.25, 0.3) is 11.1 Å². The molecule has 24 heavy (non-hydrogen) atoms. The van der Waals surface area contributed by atoms with Gasteiger partial charge in [0.2, 0.25) is 10.0 Å². The predicted octanol–water partition coefficient (Wildman–Crippen LogP) is 3.44. The van der Waals surface area contributed by atoms with Gasteiger partial charge in [-0.25, -0.2) is 17.9 Å². The number of benzene rings is 2. The molecule has 0 fully saturated rings. The number of hydrogen-bond acceptors (Lipinski definition) is 3. The lowest BCUT2D eigenvalue weighted by Gasteiger charge is -2.20. The zero-order valence-corrected chi connectivity index (χ0v) is 14.9. The number of aromatic carboxylic acids is 1. The van der Waals surface area contributed by atoms with Gasteiger partial charge in [-0.05, 0) is 57.0 Å². The third kappa shape index (κ3) is 4.21. The third-order valence-corrected chi connectivity index (χ3v) is 5.06. The van der Waals surface area contributed by atoms with Crippen molar-refractivity contribution in [2.75, 3.05) is 0 Å². The van der Waals surface area contributed by atoms with Gasteiger partial charge in [-0.2, -0.15) is 0 Å². The molecule has 2 aromatic carbocycles. The van der Waals surface area contributed by atoms with Gasteiger partial charge in [0.1, 0.15) is 0 Å². The summed E-state index contributed by atoms with van der Waals surface area (Å²) in [5.41, 5.74) is 1.40. The summed E-state index contributed by atoms with van der Waals surface area (Å²) in [7, 11) is -3.69. The maximum absolute atomic E-state index is 12.5. The molecule has 0 spiro atoms. The van der Waals surface area contributed by atoms with Crippen LogP contribution in [0.1, 0.15) is 36.7 Å². The summed E-state index contributed by atoms with van der Waals surface area (Å²) < 4.78 is 27.5. The minimum Gasteiger partial charge on any atom is -0.478 e. The van der Waals surface area contributed by atoms with Crippen molar-refractivity contribution in [3.63, 3.8) is 0 Å². The molecule has 2 rings (SSSR count). The van der Waals surface area contributed by atoms with Gasteiger partial charge >= 0.3 is 5.97 Å². The summed E-state index contributed by atoms with van der Waals surface area (Å²) in [6.45, 7) is 7.09. The highest BCUT2D eigenvalue weighted by molar-refractivity contribution is 7.89. The second kappa shape index (κ2) is 6.37. The number of hydrogen-bond donors (Lipinski definition) is 2. The molecule has 0 aromatic heterocycles. The van der Waals surface area contributed by atoms with E-state index in [0.29, 0.717) is 11.1 Å². The highest BCUT2D eigenvalue weighted by atomic mass is 32.2. The van der Waals surface area contributed by atoms with Crippen molar-refractivity contribution in [1.82, 2.24) is 4.72 Å². The van der Waals surface area contributed by atoms with Crippen molar-refractivity contribution in [2.24, 2.45) is 0 Å². The minimum absolute atomic E-state index is 0.104. The number of nitrogens with one attached hydrogen (secondary N) is 1. The fraction of sp³-hybridized carbons (Fsp3) is 0.278. The monoisotopic (exact) mass is 347 g/mol. The standard InChI is InChI=1S/C18H21NO4S/c1-12-8-9-15(16(10-12)17(20)21)13-6-5-7-14(11-13)24(22,23)19-18(2,3)4/h5-11,19H,1-4H3,(H,20,21). The van der Waals surface area contributed by atoms with E-state index >= 15 is 0 Å². The summed E-state index contributed by atoms with van der Waals surface area (Å²) in [6.07, 6.45) is 0. The fourth-order valence-corrected chi connectivity index (χ4v) is 3.84. The molecule has 0 radical (unpaired) electrons. The molecule has 2 aromatic rings. The van der Waals surface area contributed by atoms with Crippen LogP contribution in [0.5, 0.6) is 0 Å². The first-order valence-electron chi connectivity index (χ1n) is 7.48. The van der Waals surface area contributed by atoms with Gasteiger partial charge in [0.05, 0.1) is 10.5 Å². The molecule has 128 valence electrons. The van der Waals surface area contributed by atoms with E-state index < -0.39 is 21.5 Å². The number of carboxylic acid groups (broad SMARTS) is 1. The molecule has 5 nitrogen and oxygen atoms in total. The van der Waals surface area contributed by atoms with Gasteiger partial charge in [0.15, 0.2) is 0 Å². The largest absolute Gasteiger partial charge is 0.478 e. The van der Waals surface area contributed by atoms with Crippen LogP contribution in [0.15, 0.2) is 47.4 Å². The molecule has 0 bridgehead atoms. The molecule has 0 amide bonds. The average Bonchev–Trinajstić information content (AvgIpc) is 2.44. The minimum atomic E-state index is -3.69. The van der Waals surface area contributed by atoms with Crippen molar-refractivity contribution < 1.29 is 18.3 Å². The summed E-state index contributed by atoms with van der Waals surface area (Å²) >= 11 is 0. The van der Waals surface area contributed by atoms with Crippen molar-refractivity contribution in [3.8, 4) is 11.1 Å². The molecule has 0 aliphatic carbocycles. The van der Waals surface area contributed by atoms with E-state index in [1.54, 1.807) is 51.1 Å². The van der Waals surface area contributed by atoms with Crippen molar-refractivity contribution in [1.29, 1.82) is 0 Å². The molecule has 6 heteroatoms. The van der Waals surface area contributed by atoms with Crippen molar-refractivity contribution in [2.45, 2.75) is 38.1 Å². The lowest BCUT2D eigenvalue weighted by Crippen LogP contribution is -2.40. The van der Waals surface area contributed by atoms with Crippen LogP contribution in [0, 0.1) is 6.92 Å². The normalized spacial score (nSPS) is 12.2. The van der Waals surface area contributed by atoms with Crippen LogP contribution in [0.2, 0.25) is 0 Å². The molecule has 0 unspecified atom stereocenters. The van der Waals surface area contributed by atoms with E-state index in [1.165, 1.54) is 12.1 Å². The first-order chi connectivity index (χ1) is 11.0. The van der Waals surface area contributed by atoms with Gasteiger partial charge in [0, 0.05) is 5.54 Å². The van der Waals surface area contributed by atoms with E-state index in [0.717, 1.165) is 5.56 Å². The number of sulfonamides is 1. The van der Waals surface area contributed by atoms with Gasteiger partial charge in [-0.3, -0.25) is 0 Å². The van der Waals surface area contributed by atoms with Crippen molar-refractivity contribution >= 4 is 16.0 Å². The zero-order valence-electron chi connectivity index (χ0n) is 14.1. The molecule has 0 atom stereocenters. The average molecular weight is 347 g/mol. The lowest BCUT2D eigenvalue weighted by molar-refractivity contribution is 0.0697. The third-order valence-electron chi connectivity index (χ3n) is 3.30. The lowest BCUT2D eigenvalue weighted by atomic mass is 9.98. The summed E-state index contributed by atoms with van der Waals surface area (Å²) in [5, 5.41) is 9.40. The second-order valence-corrected chi connectivity index (χ2v) is 8.42. The summed E-state index contributed by atoms with van der Waals surface area (Å²) in [4.78, 5) is 11.6. The molecule has 0 saturated heterocycles. The van der Waals surface area contributed by atoms with Crippen LogP contribution in [0.3, 0.4) is 0 Å². The second-order valence-electron chi connectivity index (χ2n) is 6.74. The Morgan fingerprint density at radius 2 is 1.75 bits per heavy atom. The Hall–Kier alpha value is -2.18. The van der Waals surface area contributed by atoms with Crippen LogP contribution >= 0.6 is 0 Å². The highest BCUT2D eigenvalue weighted by Crippen LogP contribution is 2.27. The van der Waals surface area contributed by atoms with E-state index in [2.05, 4.69) is 4.72 Å². The van der Waals surface area contributed by atoms with Gasteiger partial charge in [-0.15, -0.1) is 0 Å². The van der Waals surface area contributed by atoms with Gasteiger partial charge in [-0.1, -0.05) is 29.8 Å². The SMILES string of the molecule is Cc1ccc(-c2cccc(S(=O)(=O)NC(C)(C)C)c2)c(C(=O)O)c1. The predicted molar refractivity (Wildman–Crippen MR) is 93.6 cm³/mol. The smallest absolute Gasteiger partial charge is 0.336 e. The van der Waals surface area contributed by atoms with E-state index in [-0.39, 0.29) is 10.5 Å². The van der Waals surface area contributed by atoms with Crippen LogP contribution in [-0.2, 0) is 10.0 Å². The molecule has 2 N–H and O–H groups in total. The number of carboxylic acids is 1. The van der Waals surface area contributed by atoms with Crippen LogP contribution in [-0.4, -0.2) is 25.0 Å². The Morgan fingerprint density at radius 1 is 1.08 bits per heavy atom. The number of rotatable bonds is 4. The number of carbonyl (C=O) groups is 1. The molecular weight excluding hydrogens is 326 g/mol. The topological polar surface area (TPSA) is 83.5 Å². The quantitative estimate of drug-likeness (QED) is 0.887. The Bertz CT molecular complexity index is 880. The number of aryl methyl sites for hydroxylation is 1. The Kier molecular flexibility index (Phi) is 4.82. The van der Waals surface area contributed by atoms with Gasteiger partial charge in [0.25, 0.3) is 0 Å². The molecule has 0 saturated carbocycles. The Labute approximate surface area is 142 Å². The van der Waals surface area contributed by atoms with Gasteiger partial charge < -0.3 is 5.11 Å². The molecule has 0 heterocycles. The fourth-order valence-electron chi connectivity index (χ4n) is 2.38. The zero-order chi connectivity index (χ0) is 18.1. The summed E-state index contributed by atoms with van der Waals surface area (Å²) in [5.74, 6) is -1.05. The van der Waals surface area contributed by atoms with Crippen molar-refractivity contribution in [3.05, 3.63) is 53.6 Å².